The zero-order valence-corrected chi connectivity index (χ0v) is 17.7. The first-order chi connectivity index (χ1) is 14.5. The van der Waals surface area contributed by atoms with Crippen LogP contribution in [0.3, 0.4) is 0 Å². The number of nitrogens with one attached hydrogen (secondary N) is 2. The van der Waals surface area contributed by atoms with Crippen LogP contribution in [-0.4, -0.2) is 35.0 Å². The van der Waals surface area contributed by atoms with Gasteiger partial charge in [-0.2, -0.15) is 4.37 Å². The summed E-state index contributed by atoms with van der Waals surface area (Å²) < 4.78 is 52.1. The van der Waals surface area contributed by atoms with Crippen LogP contribution in [0.2, 0.25) is 0 Å². The van der Waals surface area contributed by atoms with E-state index in [-0.39, 0.29) is 18.1 Å². The van der Waals surface area contributed by atoms with E-state index in [1.807, 2.05) is 0 Å². The third-order valence-corrected chi connectivity index (χ3v) is 5.39. The SMILES string of the molecule is Cl.O=C(Nc1cnsc1OCC1CCNC1)c1ccc(F)c(-c2c(F)cccc2F)n1. The van der Waals surface area contributed by atoms with Crippen molar-refractivity contribution >= 4 is 35.5 Å². The molecule has 0 saturated carbocycles. The van der Waals surface area contributed by atoms with E-state index < -0.39 is 34.6 Å². The first-order valence-electron chi connectivity index (χ1n) is 9.23. The monoisotopic (exact) mass is 470 g/mol. The van der Waals surface area contributed by atoms with Crippen molar-refractivity contribution in [3.8, 4) is 16.3 Å². The average molecular weight is 471 g/mol. The van der Waals surface area contributed by atoms with E-state index in [1.54, 1.807) is 0 Å². The number of aromatic nitrogens is 2. The molecule has 1 atom stereocenters. The smallest absolute Gasteiger partial charge is 0.274 e. The molecule has 1 saturated heterocycles. The summed E-state index contributed by atoms with van der Waals surface area (Å²) in [7, 11) is 0. The lowest BCUT2D eigenvalue weighted by Gasteiger charge is -2.11. The Bertz CT molecular complexity index is 1060. The topological polar surface area (TPSA) is 76.1 Å². The molecule has 0 aliphatic carbocycles. The van der Waals surface area contributed by atoms with Gasteiger partial charge in [0, 0.05) is 24.0 Å². The van der Waals surface area contributed by atoms with Crippen molar-refractivity contribution < 1.29 is 22.7 Å². The van der Waals surface area contributed by atoms with E-state index in [4.69, 9.17) is 4.74 Å². The Hall–Kier alpha value is -2.69. The molecule has 1 aliphatic rings. The predicted molar refractivity (Wildman–Crippen MR) is 113 cm³/mol. The maximum absolute atomic E-state index is 14.2. The van der Waals surface area contributed by atoms with Gasteiger partial charge in [-0.3, -0.25) is 4.79 Å². The third-order valence-electron chi connectivity index (χ3n) is 4.68. The summed E-state index contributed by atoms with van der Waals surface area (Å²) in [4.78, 5) is 16.5. The lowest BCUT2D eigenvalue weighted by molar-refractivity contribution is 0.102. The Morgan fingerprint density at radius 3 is 2.68 bits per heavy atom. The van der Waals surface area contributed by atoms with Gasteiger partial charge >= 0.3 is 0 Å². The lowest BCUT2D eigenvalue weighted by atomic mass is 10.1. The summed E-state index contributed by atoms with van der Waals surface area (Å²) in [5.74, 6) is -3.19. The van der Waals surface area contributed by atoms with Gasteiger partial charge in [0.1, 0.15) is 34.5 Å². The molecule has 3 aromatic rings. The summed E-state index contributed by atoms with van der Waals surface area (Å²) >= 11 is 1.09. The molecule has 164 valence electrons. The van der Waals surface area contributed by atoms with Crippen molar-refractivity contribution in [2.45, 2.75) is 6.42 Å². The molecule has 1 unspecified atom stereocenters. The molecule has 1 fully saturated rings. The van der Waals surface area contributed by atoms with Crippen LogP contribution in [0.4, 0.5) is 18.9 Å². The van der Waals surface area contributed by atoms with E-state index in [9.17, 15) is 18.0 Å². The molecule has 1 aliphatic heterocycles. The quantitative estimate of drug-likeness (QED) is 0.562. The zero-order chi connectivity index (χ0) is 21.1. The Balaban J connectivity index is 0.00000272. The first kappa shape index (κ1) is 23.0. The minimum absolute atomic E-state index is 0. The number of anilines is 1. The molecule has 2 aromatic heterocycles. The van der Waals surface area contributed by atoms with Crippen molar-refractivity contribution in [2.75, 3.05) is 25.0 Å². The largest absolute Gasteiger partial charge is 0.481 e. The van der Waals surface area contributed by atoms with Crippen LogP contribution in [0.25, 0.3) is 11.3 Å². The van der Waals surface area contributed by atoms with E-state index in [0.29, 0.717) is 23.3 Å². The fourth-order valence-corrected chi connectivity index (χ4v) is 3.70. The summed E-state index contributed by atoms with van der Waals surface area (Å²) in [5.41, 5.74) is -1.06. The number of rotatable bonds is 6. The van der Waals surface area contributed by atoms with Gasteiger partial charge in [-0.15, -0.1) is 12.4 Å². The lowest BCUT2D eigenvalue weighted by Crippen LogP contribution is -2.17. The molecule has 3 heterocycles. The second-order valence-corrected chi connectivity index (χ2v) is 7.54. The molecule has 0 bridgehead atoms. The van der Waals surface area contributed by atoms with Gasteiger partial charge in [0.2, 0.25) is 5.06 Å². The summed E-state index contributed by atoms with van der Waals surface area (Å²) in [5, 5.41) is 6.30. The highest BCUT2D eigenvalue weighted by Gasteiger charge is 2.21. The molecule has 6 nitrogen and oxygen atoms in total. The van der Waals surface area contributed by atoms with Crippen molar-refractivity contribution in [2.24, 2.45) is 5.92 Å². The first-order valence-corrected chi connectivity index (χ1v) is 10.0. The van der Waals surface area contributed by atoms with E-state index in [1.165, 1.54) is 6.20 Å². The average Bonchev–Trinajstić information content (AvgIpc) is 3.39. The van der Waals surface area contributed by atoms with Gasteiger partial charge in [0.25, 0.3) is 5.91 Å². The maximum Gasteiger partial charge on any atom is 0.274 e. The minimum atomic E-state index is -0.974. The van der Waals surface area contributed by atoms with Crippen molar-refractivity contribution in [1.82, 2.24) is 14.7 Å². The van der Waals surface area contributed by atoms with Crippen LogP contribution in [0.1, 0.15) is 16.9 Å². The van der Waals surface area contributed by atoms with Gasteiger partial charge in [-0.1, -0.05) is 6.07 Å². The molecular formula is C20H18ClF3N4O2S. The fraction of sp³-hybridized carbons (Fsp3) is 0.250. The van der Waals surface area contributed by atoms with Crippen LogP contribution < -0.4 is 15.4 Å². The number of pyridine rings is 1. The summed E-state index contributed by atoms with van der Waals surface area (Å²) in [6, 6.07) is 5.23. The molecule has 11 heteroatoms. The van der Waals surface area contributed by atoms with E-state index >= 15 is 0 Å². The van der Waals surface area contributed by atoms with Crippen LogP contribution in [-0.2, 0) is 0 Å². The molecule has 4 rings (SSSR count). The second kappa shape index (κ2) is 10.1. The van der Waals surface area contributed by atoms with Gasteiger partial charge in [0.05, 0.1) is 18.4 Å². The highest BCUT2D eigenvalue weighted by atomic mass is 35.5. The van der Waals surface area contributed by atoms with Crippen molar-refractivity contribution in [3.05, 3.63) is 59.7 Å². The number of halogens is 4. The van der Waals surface area contributed by atoms with Crippen molar-refractivity contribution in [3.63, 3.8) is 0 Å². The van der Waals surface area contributed by atoms with Crippen LogP contribution in [0, 0.1) is 23.4 Å². The molecule has 31 heavy (non-hydrogen) atoms. The van der Waals surface area contributed by atoms with Gasteiger partial charge in [-0.05, 0) is 37.2 Å². The van der Waals surface area contributed by atoms with Gasteiger partial charge < -0.3 is 15.4 Å². The number of carbonyl (C=O) groups excluding carboxylic acids is 1. The number of carbonyl (C=O) groups is 1. The number of hydrogen-bond acceptors (Lipinski definition) is 6. The van der Waals surface area contributed by atoms with E-state index in [2.05, 4.69) is 20.0 Å². The third kappa shape index (κ3) is 5.15. The molecular weight excluding hydrogens is 453 g/mol. The van der Waals surface area contributed by atoms with Crippen LogP contribution in [0.5, 0.6) is 5.06 Å². The normalized spacial score (nSPS) is 15.4. The fourth-order valence-electron chi connectivity index (χ4n) is 3.12. The molecule has 1 aromatic carbocycles. The van der Waals surface area contributed by atoms with Crippen LogP contribution >= 0.6 is 23.9 Å². The molecule has 0 radical (unpaired) electrons. The van der Waals surface area contributed by atoms with Crippen LogP contribution in [0.15, 0.2) is 36.5 Å². The van der Waals surface area contributed by atoms with Gasteiger partial charge in [-0.25, -0.2) is 18.2 Å². The highest BCUT2D eigenvalue weighted by molar-refractivity contribution is 7.08. The van der Waals surface area contributed by atoms with Gasteiger partial charge in [0.15, 0.2) is 0 Å². The Morgan fingerprint density at radius 1 is 1.19 bits per heavy atom. The summed E-state index contributed by atoms with van der Waals surface area (Å²) in [6.45, 7) is 2.31. The number of hydrogen-bond donors (Lipinski definition) is 2. The number of ether oxygens (including phenoxy) is 1. The molecule has 2 N–H and O–H groups in total. The Kier molecular flexibility index (Phi) is 7.47. The summed E-state index contributed by atoms with van der Waals surface area (Å²) in [6.07, 6.45) is 2.45. The second-order valence-electron chi connectivity index (χ2n) is 6.77. The number of amides is 1. The Morgan fingerprint density at radius 2 is 1.97 bits per heavy atom. The maximum atomic E-state index is 14.2. The molecule has 0 spiro atoms. The predicted octanol–water partition coefficient (Wildman–Crippen LogP) is 4.28. The number of nitrogens with zero attached hydrogens (tertiary/aromatic N) is 2. The minimum Gasteiger partial charge on any atom is -0.481 e. The zero-order valence-electron chi connectivity index (χ0n) is 16.0. The highest BCUT2D eigenvalue weighted by Crippen LogP contribution is 2.31. The number of benzene rings is 1. The van der Waals surface area contributed by atoms with E-state index in [0.717, 1.165) is 61.4 Å². The Labute approximate surface area is 186 Å². The molecule has 1 amide bonds. The van der Waals surface area contributed by atoms with Crippen molar-refractivity contribution in [1.29, 1.82) is 0 Å². The standard InChI is InChI=1S/C20H17F3N4O2S.ClH/c21-12-2-1-3-13(22)17(12)18-14(23)4-5-15(26-18)19(28)27-16-9-25-30-20(16)29-10-11-6-7-24-8-11;/h1-5,9,11,24H,6-8,10H2,(H,27,28);1H.